The molecule has 4 aromatic rings. The molecule has 4 rings (SSSR count). The SMILES string of the molecule is Cc1cccc(Cn2nnc(-c3cnn(-c4ccc(Cl)cc4)c3)n2)c1. The lowest BCUT2D eigenvalue weighted by Crippen LogP contribution is -2.04. The molecule has 0 spiro atoms. The van der Waals surface area contributed by atoms with E-state index >= 15 is 0 Å². The zero-order valence-electron chi connectivity index (χ0n) is 13.5. The summed E-state index contributed by atoms with van der Waals surface area (Å²) in [6.07, 6.45) is 3.60. The largest absolute Gasteiger partial charge is 0.240 e. The van der Waals surface area contributed by atoms with Gasteiger partial charge in [-0.2, -0.15) is 9.90 Å². The predicted octanol–water partition coefficient (Wildman–Crippen LogP) is 3.54. The second kappa shape index (κ2) is 6.49. The first-order valence-electron chi connectivity index (χ1n) is 7.82. The van der Waals surface area contributed by atoms with Crippen LogP contribution in [0.4, 0.5) is 0 Å². The summed E-state index contributed by atoms with van der Waals surface area (Å²) < 4.78 is 1.76. The lowest BCUT2D eigenvalue weighted by molar-refractivity contribution is 0.572. The fourth-order valence-corrected chi connectivity index (χ4v) is 2.70. The summed E-state index contributed by atoms with van der Waals surface area (Å²) >= 11 is 5.92. The zero-order valence-corrected chi connectivity index (χ0v) is 14.3. The molecular weight excluding hydrogens is 336 g/mol. The van der Waals surface area contributed by atoms with E-state index in [9.17, 15) is 0 Å². The summed E-state index contributed by atoms with van der Waals surface area (Å²) in [6, 6.07) is 15.7. The summed E-state index contributed by atoms with van der Waals surface area (Å²) in [5.74, 6) is 0.549. The summed E-state index contributed by atoms with van der Waals surface area (Å²) in [7, 11) is 0. The van der Waals surface area contributed by atoms with E-state index in [4.69, 9.17) is 11.6 Å². The Morgan fingerprint density at radius 1 is 1.08 bits per heavy atom. The lowest BCUT2D eigenvalue weighted by Gasteiger charge is -2.00. The van der Waals surface area contributed by atoms with E-state index in [0.29, 0.717) is 17.4 Å². The Kier molecular flexibility index (Phi) is 4.03. The predicted molar refractivity (Wildman–Crippen MR) is 95.7 cm³/mol. The van der Waals surface area contributed by atoms with Crippen molar-refractivity contribution in [3.05, 3.63) is 77.1 Å². The molecule has 124 valence electrons. The Bertz CT molecular complexity index is 1000. The summed E-state index contributed by atoms with van der Waals surface area (Å²) in [5.41, 5.74) is 4.08. The number of benzene rings is 2. The van der Waals surface area contributed by atoms with Gasteiger partial charge in [-0.25, -0.2) is 4.68 Å². The van der Waals surface area contributed by atoms with Crippen molar-refractivity contribution < 1.29 is 0 Å². The highest BCUT2D eigenvalue weighted by Crippen LogP contribution is 2.17. The van der Waals surface area contributed by atoms with Crippen LogP contribution in [0.25, 0.3) is 17.1 Å². The maximum atomic E-state index is 5.92. The quantitative estimate of drug-likeness (QED) is 0.565. The number of halogens is 1. The Labute approximate surface area is 149 Å². The molecule has 0 aliphatic rings. The summed E-state index contributed by atoms with van der Waals surface area (Å²) in [5, 5.41) is 17.8. The van der Waals surface area contributed by atoms with E-state index in [0.717, 1.165) is 16.8 Å². The van der Waals surface area contributed by atoms with Crippen LogP contribution in [0.5, 0.6) is 0 Å². The molecule has 0 saturated carbocycles. The van der Waals surface area contributed by atoms with Gasteiger partial charge in [-0.15, -0.1) is 10.2 Å². The number of nitrogens with zero attached hydrogens (tertiary/aromatic N) is 6. The first-order chi connectivity index (χ1) is 12.2. The number of aromatic nitrogens is 6. The topological polar surface area (TPSA) is 61.4 Å². The highest BCUT2D eigenvalue weighted by atomic mass is 35.5. The van der Waals surface area contributed by atoms with Gasteiger partial charge in [0.1, 0.15) is 0 Å². The van der Waals surface area contributed by atoms with Crippen LogP contribution in [-0.2, 0) is 6.54 Å². The normalized spacial score (nSPS) is 11.0. The van der Waals surface area contributed by atoms with E-state index in [1.54, 1.807) is 15.7 Å². The van der Waals surface area contributed by atoms with Crippen LogP contribution in [-0.4, -0.2) is 30.0 Å². The molecule has 2 aromatic carbocycles. The van der Waals surface area contributed by atoms with Gasteiger partial charge in [0.05, 0.1) is 24.0 Å². The smallest absolute Gasteiger partial charge is 0.208 e. The second-order valence-corrected chi connectivity index (χ2v) is 6.22. The van der Waals surface area contributed by atoms with Crippen molar-refractivity contribution in [3.8, 4) is 17.1 Å². The van der Waals surface area contributed by atoms with Gasteiger partial charge in [0.15, 0.2) is 0 Å². The molecule has 25 heavy (non-hydrogen) atoms. The van der Waals surface area contributed by atoms with Crippen molar-refractivity contribution in [1.82, 2.24) is 30.0 Å². The van der Waals surface area contributed by atoms with Crippen molar-refractivity contribution in [2.75, 3.05) is 0 Å². The Morgan fingerprint density at radius 3 is 2.72 bits per heavy atom. The minimum absolute atomic E-state index is 0.549. The minimum atomic E-state index is 0.549. The molecule has 0 aliphatic carbocycles. The average molecular weight is 351 g/mol. The molecule has 0 saturated heterocycles. The maximum Gasteiger partial charge on any atom is 0.208 e. The molecule has 0 atom stereocenters. The van der Waals surface area contributed by atoms with Gasteiger partial charge >= 0.3 is 0 Å². The van der Waals surface area contributed by atoms with Crippen LogP contribution >= 0.6 is 11.6 Å². The maximum absolute atomic E-state index is 5.92. The molecule has 2 aromatic heterocycles. The van der Waals surface area contributed by atoms with Gasteiger partial charge in [0, 0.05) is 11.2 Å². The highest BCUT2D eigenvalue weighted by molar-refractivity contribution is 6.30. The summed E-state index contributed by atoms with van der Waals surface area (Å²) in [4.78, 5) is 1.59. The molecule has 0 fully saturated rings. The van der Waals surface area contributed by atoms with Gasteiger partial charge in [-0.1, -0.05) is 41.4 Å². The fourth-order valence-electron chi connectivity index (χ4n) is 2.57. The van der Waals surface area contributed by atoms with Crippen molar-refractivity contribution in [1.29, 1.82) is 0 Å². The Hall–Kier alpha value is -2.99. The molecule has 0 unspecified atom stereocenters. The number of hydrogen-bond donors (Lipinski definition) is 0. The number of aryl methyl sites for hydroxylation is 1. The average Bonchev–Trinajstić information content (AvgIpc) is 3.25. The van der Waals surface area contributed by atoms with Crippen molar-refractivity contribution in [2.45, 2.75) is 13.5 Å². The monoisotopic (exact) mass is 350 g/mol. The van der Waals surface area contributed by atoms with E-state index in [1.165, 1.54) is 5.56 Å². The first kappa shape index (κ1) is 15.5. The van der Waals surface area contributed by atoms with Gasteiger partial charge in [0.2, 0.25) is 5.82 Å². The molecule has 0 amide bonds. The Balaban J connectivity index is 1.55. The second-order valence-electron chi connectivity index (χ2n) is 5.78. The van der Waals surface area contributed by atoms with Crippen molar-refractivity contribution in [3.63, 3.8) is 0 Å². The van der Waals surface area contributed by atoms with Gasteiger partial charge in [0.25, 0.3) is 0 Å². The zero-order chi connectivity index (χ0) is 17.2. The molecular formula is C18H15ClN6. The van der Waals surface area contributed by atoms with Gasteiger partial charge in [-0.05, 0) is 42.0 Å². The number of rotatable bonds is 4. The third-order valence-electron chi connectivity index (χ3n) is 3.79. The van der Waals surface area contributed by atoms with Crippen LogP contribution in [0, 0.1) is 6.92 Å². The number of hydrogen-bond acceptors (Lipinski definition) is 4. The molecule has 0 aliphatic heterocycles. The molecule has 0 bridgehead atoms. The third kappa shape index (κ3) is 3.44. The minimum Gasteiger partial charge on any atom is -0.240 e. The number of tetrazole rings is 1. The standard InChI is InChI=1S/C18H15ClN6/c1-13-3-2-4-14(9-13)11-25-22-18(21-23-25)15-10-20-24(12-15)17-7-5-16(19)6-8-17/h2-10,12H,11H2,1H3. The van der Waals surface area contributed by atoms with Gasteiger partial charge in [-0.3, -0.25) is 0 Å². The van der Waals surface area contributed by atoms with Crippen molar-refractivity contribution in [2.24, 2.45) is 0 Å². The van der Waals surface area contributed by atoms with Crippen molar-refractivity contribution >= 4 is 11.6 Å². The van der Waals surface area contributed by atoms with Crippen LogP contribution in [0.2, 0.25) is 5.02 Å². The Morgan fingerprint density at radius 2 is 1.92 bits per heavy atom. The van der Waals surface area contributed by atoms with Crippen LogP contribution in [0.1, 0.15) is 11.1 Å². The van der Waals surface area contributed by atoms with Gasteiger partial charge < -0.3 is 0 Å². The van der Waals surface area contributed by atoms with Crippen LogP contribution < -0.4 is 0 Å². The fraction of sp³-hybridized carbons (Fsp3) is 0.111. The van der Waals surface area contributed by atoms with E-state index in [1.807, 2.05) is 36.5 Å². The highest BCUT2D eigenvalue weighted by Gasteiger charge is 2.10. The first-order valence-corrected chi connectivity index (χ1v) is 8.19. The third-order valence-corrected chi connectivity index (χ3v) is 4.04. The molecule has 6 nitrogen and oxygen atoms in total. The molecule has 2 heterocycles. The van der Waals surface area contributed by atoms with E-state index < -0.39 is 0 Å². The van der Waals surface area contributed by atoms with E-state index in [-0.39, 0.29) is 0 Å². The molecule has 0 radical (unpaired) electrons. The lowest BCUT2D eigenvalue weighted by atomic mass is 10.1. The van der Waals surface area contributed by atoms with Crippen LogP contribution in [0.15, 0.2) is 60.9 Å². The molecule has 0 N–H and O–H groups in total. The summed E-state index contributed by atoms with van der Waals surface area (Å²) in [6.45, 7) is 2.65. The van der Waals surface area contributed by atoms with Crippen LogP contribution in [0.3, 0.4) is 0 Å². The van der Waals surface area contributed by atoms with E-state index in [2.05, 4.69) is 45.6 Å². The molecule has 7 heteroatoms.